The molecule has 0 saturated heterocycles. The molecule has 17 heavy (non-hydrogen) atoms. The predicted molar refractivity (Wildman–Crippen MR) is 73.6 cm³/mol. The first-order valence-electron chi connectivity index (χ1n) is 6.38. The zero-order valence-corrected chi connectivity index (χ0v) is 11.7. The van der Waals surface area contributed by atoms with Crippen molar-refractivity contribution < 1.29 is 0 Å². The van der Waals surface area contributed by atoms with Gasteiger partial charge in [-0.15, -0.1) is 0 Å². The summed E-state index contributed by atoms with van der Waals surface area (Å²) in [7, 11) is 2.11. The molecular weight excluding hydrogens is 208 g/mol. The summed E-state index contributed by atoms with van der Waals surface area (Å²) in [6.45, 7) is 11.0. The fourth-order valence-electron chi connectivity index (χ4n) is 2.52. The van der Waals surface area contributed by atoms with E-state index in [2.05, 4.69) is 58.4 Å². The van der Waals surface area contributed by atoms with Crippen LogP contribution in [0.5, 0.6) is 0 Å². The lowest BCUT2D eigenvalue weighted by Crippen LogP contribution is -1.99. The Bertz CT molecular complexity index is 542. The van der Waals surface area contributed by atoms with E-state index in [1.54, 1.807) is 0 Å². The summed E-state index contributed by atoms with van der Waals surface area (Å²) in [6.07, 6.45) is 0. The van der Waals surface area contributed by atoms with Crippen molar-refractivity contribution in [3.63, 3.8) is 0 Å². The van der Waals surface area contributed by atoms with Crippen LogP contribution < -0.4 is 0 Å². The minimum Gasteiger partial charge on any atom is -0.331 e. The molecule has 2 aromatic rings. The third-order valence-corrected chi connectivity index (χ3v) is 3.44. The Balaban J connectivity index is 2.71. The van der Waals surface area contributed by atoms with Gasteiger partial charge in [-0.1, -0.05) is 27.7 Å². The summed E-state index contributed by atoms with van der Waals surface area (Å²) in [4.78, 5) is 4.76. The first kappa shape index (κ1) is 12.2. The summed E-state index contributed by atoms with van der Waals surface area (Å²) in [6, 6.07) is 4.52. The van der Waals surface area contributed by atoms with Crippen LogP contribution >= 0.6 is 0 Å². The second-order valence-corrected chi connectivity index (χ2v) is 5.54. The molecule has 0 aliphatic rings. The maximum atomic E-state index is 4.76. The molecular formula is C15H22N2. The first-order valence-corrected chi connectivity index (χ1v) is 6.38. The third-order valence-electron chi connectivity index (χ3n) is 3.44. The number of hydrogen-bond donors (Lipinski definition) is 0. The average molecular weight is 230 g/mol. The van der Waals surface area contributed by atoms with Crippen LogP contribution in [0.15, 0.2) is 12.1 Å². The van der Waals surface area contributed by atoms with E-state index in [9.17, 15) is 0 Å². The zero-order chi connectivity index (χ0) is 12.7. The van der Waals surface area contributed by atoms with Gasteiger partial charge in [-0.2, -0.15) is 0 Å². The lowest BCUT2D eigenvalue weighted by Gasteiger charge is -2.10. The Morgan fingerprint density at radius 1 is 1.06 bits per heavy atom. The molecule has 2 rings (SSSR count). The number of benzene rings is 1. The molecule has 0 aliphatic carbocycles. The summed E-state index contributed by atoms with van der Waals surface area (Å²) < 4.78 is 2.22. The topological polar surface area (TPSA) is 17.8 Å². The molecule has 0 aliphatic heterocycles. The number of nitrogens with zero attached hydrogens (tertiary/aromatic N) is 2. The highest BCUT2D eigenvalue weighted by molar-refractivity contribution is 5.78. The normalized spacial score (nSPS) is 12.0. The second-order valence-electron chi connectivity index (χ2n) is 5.54. The van der Waals surface area contributed by atoms with Crippen LogP contribution in [0.3, 0.4) is 0 Å². The lowest BCUT2D eigenvalue weighted by molar-refractivity contribution is 0.722. The van der Waals surface area contributed by atoms with Crippen molar-refractivity contribution in [3.8, 4) is 0 Å². The molecule has 0 radical (unpaired) electrons. The van der Waals surface area contributed by atoms with Gasteiger partial charge in [-0.3, -0.25) is 0 Å². The van der Waals surface area contributed by atoms with Gasteiger partial charge < -0.3 is 4.57 Å². The van der Waals surface area contributed by atoms with E-state index in [-0.39, 0.29) is 0 Å². The third kappa shape index (κ3) is 1.97. The van der Waals surface area contributed by atoms with E-state index in [0.29, 0.717) is 11.8 Å². The SMILES string of the molecule is Cc1cc2c(cc1C(C)C)nc(C(C)C)n2C. The largest absolute Gasteiger partial charge is 0.331 e. The van der Waals surface area contributed by atoms with Crippen molar-refractivity contribution in [1.29, 1.82) is 0 Å². The number of hydrogen-bond acceptors (Lipinski definition) is 1. The van der Waals surface area contributed by atoms with E-state index in [1.165, 1.54) is 22.5 Å². The highest BCUT2D eigenvalue weighted by atomic mass is 15.1. The fraction of sp³-hybridized carbons (Fsp3) is 0.533. The molecule has 0 bridgehead atoms. The number of rotatable bonds is 2. The van der Waals surface area contributed by atoms with Gasteiger partial charge in [0.25, 0.3) is 0 Å². The Kier molecular flexibility index (Phi) is 2.98. The van der Waals surface area contributed by atoms with Gasteiger partial charge in [0.15, 0.2) is 0 Å². The van der Waals surface area contributed by atoms with Gasteiger partial charge >= 0.3 is 0 Å². The van der Waals surface area contributed by atoms with Crippen LogP contribution in [0.1, 0.15) is 56.5 Å². The summed E-state index contributed by atoms with van der Waals surface area (Å²) >= 11 is 0. The molecule has 0 unspecified atom stereocenters. The molecule has 2 nitrogen and oxygen atoms in total. The Hall–Kier alpha value is -1.31. The van der Waals surface area contributed by atoms with Crippen molar-refractivity contribution >= 4 is 11.0 Å². The Morgan fingerprint density at radius 3 is 2.24 bits per heavy atom. The number of aromatic nitrogens is 2. The van der Waals surface area contributed by atoms with Gasteiger partial charge in [0.1, 0.15) is 5.82 Å². The molecule has 2 heteroatoms. The van der Waals surface area contributed by atoms with Gasteiger partial charge in [-0.05, 0) is 36.1 Å². The molecule has 0 atom stereocenters. The number of imidazole rings is 1. The fourth-order valence-corrected chi connectivity index (χ4v) is 2.52. The van der Waals surface area contributed by atoms with Gasteiger partial charge in [0.2, 0.25) is 0 Å². The number of fused-ring (bicyclic) bond motifs is 1. The molecule has 0 fully saturated rings. The van der Waals surface area contributed by atoms with Crippen molar-refractivity contribution in [1.82, 2.24) is 9.55 Å². The second kappa shape index (κ2) is 4.17. The Labute approximate surface area is 104 Å². The Morgan fingerprint density at radius 2 is 1.71 bits per heavy atom. The summed E-state index contributed by atoms with van der Waals surface area (Å²) in [5, 5.41) is 0. The monoisotopic (exact) mass is 230 g/mol. The van der Waals surface area contributed by atoms with Crippen molar-refractivity contribution in [2.24, 2.45) is 7.05 Å². The summed E-state index contributed by atoms with van der Waals surface area (Å²) in [5.41, 5.74) is 5.15. The molecule has 0 amide bonds. The van der Waals surface area contributed by atoms with Crippen LogP contribution in [-0.2, 0) is 7.05 Å². The highest BCUT2D eigenvalue weighted by Gasteiger charge is 2.13. The maximum Gasteiger partial charge on any atom is 0.112 e. The average Bonchev–Trinajstić information content (AvgIpc) is 2.55. The molecule has 1 aromatic heterocycles. The first-order chi connectivity index (χ1) is 7.91. The number of aryl methyl sites for hydroxylation is 2. The molecule has 92 valence electrons. The summed E-state index contributed by atoms with van der Waals surface area (Å²) in [5.74, 6) is 2.19. The van der Waals surface area contributed by atoms with E-state index in [1.807, 2.05) is 0 Å². The van der Waals surface area contributed by atoms with Gasteiger partial charge in [-0.25, -0.2) is 4.98 Å². The van der Waals surface area contributed by atoms with Gasteiger partial charge in [0, 0.05) is 13.0 Å². The van der Waals surface area contributed by atoms with Crippen molar-refractivity contribution in [2.45, 2.75) is 46.5 Å². The molecule has 1 aromatic carbocycles. The van der Waals surface area contributed by atoms with Crippen molar-refractivity contribution in [3.05, 3.63) is 29.1 Å². The molecule has 0 spiro atoms. The van der Waals surface area contributed by atoms with E-state index < -0.39 is 0 Å². The highest BCUT2D eigenvalue weighted by Crippen LogP contribution is 2.27. The smallest absolute Gasteiger partial charge is 0.112 e. The molecule has 0 saturated carbocycles. The lowest BCUT2D eigenvalue weighted by atomic mass is 9.97. The van der Waals surface area contributed by atoms with Crippen LogP contribution in [0, 0.1) is 6.92 Å². The van der Waals surface area contributed by atoms with Crippen LogP contribution in [0.2, 0.25) is 0 Å². The van der Waals surface area contributed by atoms with Crippen LogP contribution in [-0.4, -0.2) is 9.55 Å². The van der Waals surface area contributed by atoms with Crippen LogP contribution in [0.4, 0.5) is 0 Å². The maximum absolute atomic E-state index is 4.76. The van der Waals surface area contributed by atoms with E-state index in [4.69, 9.17) is 4.98 Å². The molecule has 0 N–H and O–H groups in total. The standard InChI is InChI=1S/C15H22N2/c1-9(2)12-8-13-14(7-11(12)5)17(6)15(16-13)10(3)4/h7-10H,1-6H3. The van der Waals surface area contributed by atoms with Gasteiger partial charge in [0.05, 0.1) is 11.0 Å². The zero-order valence-electron chi connectivity index (χ0n) is 11.7. The predicted octanol–water partition coefficient (Wildman–Crippen LogP) is 4.13. The quantitative estimate of drug-likeness (QED) is 0.758. The minimum absolute atomic E-state index is 0.468. The van der Waals surface area contributed by atoms with E-state index >= 15 is 0 Å². The van der Waals surface area contributed by atoms with E-state index in [0.717, 1.165) is 5.52 Å². The minimum atomic E-state index is 0.468. The van der Waals surface area contributed by atoms with Crippen LogP contribution in [0.25, 0.3) is 11.0 Å². The van der Waals surface area contributed by atoms with Crippen molar-refractivity contribution in [2.75, 3.05) is 0 Å². The molecule has 1 heterocycles.